The maximum Gasteiger partial charge on any atom is 0.261 e. The summed E-state index contributed by atoms with van der Waals surface area (Å²) in [5.74, 6) is -2.98. The van der Waals surface area contributed by atoms with Crippen LogP contribution in [0.1, 0.15) is 12.8 Å². The van der Waals surface area contributed by atoms with Crippen LogP contribution in [0, 0.1) is 0 Å². The number of nitrogen functional groups attached to an aromatic ring is 1. The van der Waals surface area contributed by atoms with Crippen LogP contribution in [0.4, 0.5) is 14.5 Å². The molecule has 0 spiro atoms. The summed E-state index contributed by atoms with van der Waals surface area (Å²) in [5.41, 5.74) is 5.64. The van der Waals surface area contributed by atoms with Crippen molar-refractivity contribution in [1.82, 2.24) is 4.31 Å². The van der Waals surface area contributed by atoms with E-state index in [0.29, 0.717) is 0 Å². The highest BCUT2D eigenvalue weighted by atomic mass is 35.5. The molecule has 2 N–H and O–H groups in total. The van der Waals surface area contributed by atoms with E-state index >= 15 is 0 Å². The molecular formula is C11H13ClF2N2O2S. The van der Waals surface area contributed by atoms with Gasteiger partial charge in [0.15, 0.2) is 0 Å². The van der Waals surface area contributed by atoms with Gasteiger partial charge >= 0.3 is 0 Å². The maximum absolute atomic E-state index is 13.3. The number of anilines is 1. The summed E-state index contributed by atoms with van der Waals surface area (Å²) in [5, 5.41) is 0.225. The molecule has 0 atom stereocenters. The van der Waals surface area contributed by atoms with Crippen LogP contribution in [0.3, 0.4) is 0 Å². The summed E-state index contributed by atoms with van der Waals surface area (Å²) in [6.07, 6.45) is -0.156. The fraction of sp³-hybridized carbons (Fsp3) is 0.455. The number of piperidine rings is 1. The van der Waals surface area contributed by atoms with E-state index < -0.39 is 22.5 Å². The van der Waals surface area contributed by atoms with Crippen LogP contribution < -0.4 is 5.73 Å². The molecular weight excluding hydrogens is 298 g/mol. The molecule has 2 rings (SSSR count). The molecule has 0 amide bonds. The Balaban J connectivity index is 2.34. The summed E-state index contributed by atoms with van der Waals surface area (Å²) in [7, 11) is -3.96. The van der Waals surface area contributed by atoms with Gasteiger partial charge in [-0.15, -0.1) is 0 Å². The number of alkyl halides is 2. The number of nitrogens with zero attached hydrogens (tertiary/aromatic N) is 1. The van der Waals surface area contributed by atoms with Crippen molar-refractivity contribution < 1.29 is 17.2 Å². The standard InChI is InChI=1S/C11H13ClF2N2O2S/c12-9-3-2-8(6-10(9)15)19(17,18)16-5-1-4-11(13,14)7-16/h2-3,6H,1,4-5,7,15H2. The third-order valence-electron chi connectivity index (χ3n) is 2.96. The number of sulfonamides is 1. The van der Waals surface area contributed by atoms with Crippen LogP contribution in [-0.2, 0) is 10.0 Å². The van der Waals surface area contributed by atoms with Crippen LogP contribution in [-0.4, -0.2) is 31.7 Å². The van der Waals surface area contributed by atoms with Gasteiger partial charge in [0.25, 0.3) is 5.92 Å². The molecule has 0 saturated carbocycles. The summed E-state index contributed by atoms with van der Waals surface area (Å²) >= 11 is 5.71. The lowest BCUT2D eigenvalue weighted by Gasteiger charge is -2.31. The molecule has 8 heteroatoms. The van der Waals surface area contributed by atoms with Crippen molar-refractivity contribution in [1.29, 1.82) is 0 Å². The number of hydrogen-bond acceptors (Lipinski definition) is 3. The summed E-state index contributed by atoms with van der Waals surface area (Å²) in [6.45, 7) is -0.710. The smallest absolute Gasteiger partial charge is 0.261 e. The third-order valence-corrected chi connectivity index (χ3v) is 5.15. The lowest BCUT2D eigenvalue weighted by Crippen LogP contribution is -2.45. The molecule has 0 unspecified atom stereocenters. The molecule has 1 aliphatic rings. The molecule has 106 valence electrons. The minimum atomic E-state index is -3.96. The predicted octanol–water partition coefficient (Wildman–Crippen LogP) is 2.34. The molecule has 1 aliphatic heterocycles. The highest BCUT2D eigenvalue weighted by Gasteiger charge is 2.40. The fourth-order valence-corrected chi connectivity index (χ4v) is 3.63. The zero-order valence-corrected chi connectivity index (χ0v) is 11.5. The van der Waals surface area contributed by atoms with Gasteiger partial charge in [0.1, 0.15) is 0 Å². The van der Waals surface area contributed by atoms with E-state index in [0.717, 1.165) is 4.31 Å². The van der Waals surface area contributed by atoms with Crippen molar-refractivity contribution in [2.45, 2.75) is 23.7 Å². The van der Waals surface area contributed by atoms with E-state index in [-0.39, 0.29) is 35.0 Å². The lowest BCUT2D eigenvalue weighted by molar-refractivity contribution is -0.0434. The molecule has 19 heavy (non-hydrogen) atoms. The normalized spacial score (nSPS) is 20.4. The van der Waals surface area contributed by atoms with Crippen molar-refractivity contribution in [2.24, 2.45) is 0 Å². The van der Waals surface area contributed by atoms with Crippen molar-refractivity contribution >= 4 is 27.3 Å². The number of rotatable bonds is 2. The second-order valence-corrected chi connectivity index (χ2v) is 6.83. The topological polar surface area (TPSA) is 63.4 Å². The van der Waals surface area contributed by atoms with Gasteiger partial charge in [0, 0.05) is 13.0 Å². The minimum Gasteiger partial charge on any atom is -0.397 e. The molecule has 1 aromatic carbocycles. The number of halogens is 3. The molecule has 0 aromatic heterocycles. The molecule has 0 aliphatic carbocycles. The van der Waals surface area contributed by atoms with Gasteiger partial charge in [-0.05, 0) is 24.6 Å². The highest BCUT2D eigenvalue weighted by Crippen LogP contribution is 2.31. The molecule has 1 aromatic rings. The molecule has 0 bridgehead atoms. The van der Waals surface area contributed by atoms with Crippen molar-refractivity contribution in [3.05, 3.63) is 23.2 Å². The van der Waals surface area contributed by atoms with Gasteiger partial charge in [0.05, 0.1) is 22.2 Å². The zero-order chi connectivity index (χ0) is 14.3. The molecule has 1 saturated heterocycles. The van der Waals surface area contributed by atoms with E-state index in [9.17, 15) is 17.2 Å². The number of hydrogen-bond donors (Lipinski definition) is 1. The Morgan fingerprint density at radius 1 is 1.37 bits per heavy atom. The maximum atomic E-state index is 13.3. The zero-order valence-electron chi connectivity index (χ0n) is 9.94. The Kier molecular flexibility index (Phi) is 3.72. The van der Waals surface area contributed by atoms with Crippen molar-refractivity contribution in [3.8, 4) is 0 Å². The molecule has 1 heterocycles. The van der Waals surface area contributed by atoms with Crippen LogP contribution >= 0.6 is 11.6 Å². The van der Waals surface area contributed by atoms with Crippen LogP contribution in [0.2, 0.25) is 5.02 Å². The van der Waals surface area contributed by atoms with E-state index in [2.05, 4.69) is 0 Å². The van der Waals surface area contributed by atoms with E-state index in [1.165, 1.54) is 18.2 Å². The van der Waals surface area contributed by atoms with Gasteiger partial charge in [0.2, 0.25) is 10.0 Å². The van der Waals surface area contributed by atoms with Crippen LogP contribution in [0.5, 0.6) is 0 Å². The predicted molar refractivity (Wildman–Crippen MR) is 68.8 cm³/mol. The number of nitrogens with two attached hydrogens (primary N) is 1. The van der Waals surface area contributed by atoms with E-state index in [4.69, 9.17) is 17.3 Å². The SMILES string of the molecule is Nc1cc(S(=O)(=O)N2CCCC(F)(F)C2)ccc1Cl. The lowest BCUT2D eigenvalue weighted by atomic mass is 10.1. The minimum absolute atomic E-state index is 0.0838. The fourth-order valence-electron chi connectivity index (χ4n) is 1.97. The van der Waals surface area contributed by atoms with Crippen LogP contribution in [0.15, 0.2) is 23.1 Å². The van der Waals surface area contributed by atoms with E-state index in [1.807, 2.05) is 0 Å². The average Bonchev–Trinajstić information content (AvgIpc) is 2.31. The largest absolute Gasteiger partial charge is 0.397 e. The first-order chi connectivity index (χ1) is 8.72. The van der Waals surface area contributed by atoms with Crippen molar-refractivity contribution in [3.63, 3.8) is 0 Å². The monoisotopic (exact) mass is 310 g/mol. The Hall–Kier alpha value is -0.920. The van der Waals surface area contributed by atoms with Gasteiger partial charge in [-0.1, -0.05) is 11.6 Å². The first-order valence-corrected chi connectivity index (χ1v) is 7.47. The third kappa shape index (κ3) is 2.98. The quantitative estimate of drug-likeness (QED) is 0.853. The van der Waals surface area contributed by atoms with Crippen molar-refractivity contribution in [2.75, 3.05) is 18.8 Å². The van der Waals surface area contributed by atoms with E-state index in [1.54, 1.807) is 0 Å². The second kappa shape index (κ2) is 4.88. The summed E-state index contributed by atoms with van der Waals surface area (Å²) in [6, 6.07) is 3.79. The summed E-state index contributed by atoms with van der Waals surface area (Å²) < 4.78 is 51.8. The molecule has 4 nitrogen and oxygen atoms in total. The average molecular weight is 311 g/mol. The van der Waals surface area contributed by atoms with Gasteiger partial charge in [-0.25, -0.2) is 17.2 Å². The van der Waals surface area contributed by atoms with Crippen LogP contribution in [0.25, 0.3) is 0 Å². The van der Waals surface area contributed by atoms with Gasteiger partial charge in [-0.3, -0.25) is 0 Å². The summed E-state index contributed by atoms with van der Waals surface area (Å²) in [4.78, 5) is -0.118. The molecule has 0 radical (unpaired) electrons. The Morgan fingerprint density at radius 2 is 2.05 bits per heavy atom. The second-order valence-electron chi connectivity index (χ2n) is 4.48. The highest BCUT2D eigenvalue weighted by molar-refractivity contribution is 7.89. The number of benzene rings is 1. The first-order valence-electron chi connectivity index (χ1n) is 5.65. The Labute approximate surface area is 115 Å². The Bertz CT molecular complexity index is 592. The van der Waals surface area contributed by atoms with Gasteiger partial charge < -0.3 is 5.73 Å². The van der Waals surface area contributed by atoms with Gasteiger partial charge in [-0.2, -0.15) is 4.31 Å². The molecule has 1 fully saturated rings. The Morgan fingerprint density at radius 3 is 2.63 bits per heavy atom. The first kappa shape index (κ1) is 14.5.